The summed E-state index contributed by atoms with van der Waals surface area (Å²) in [7, 11) is -1.34. The van der Waals surface area contributed by atoms with E-state index in [9.17, 15) is 0 Å². The van der Waals surface area contributed by atoms with Gasteiger partial charge < -0.3 is 15.8 Å². The molecule has 0 atom stereocenters. The molecule has 0 aromatic heterocycles. The van der Waals surface area contributed by atoms with Crippen molar-refractivity contribution < 1.29 is 10.0 Å². The number of nitrogens with two attached hydrogens (primary N) is 1. The molecular weight excluding hydrogens is 273 g/mol. The lowest BCUT2D eigenvalue weighted by Crippen LogP contribution is -2.29. The highest BCUT2D eigenvalue weighted by Gasteiger charge is 2.07. The normalized spacial score (nSPS) is 8.64. The lowest BCUT2D eigenvalue weighted by atomic mass is 9.81. The van der Waals surface area contributed by atoms with E-state index in [-0.39, 0.29) is 0 Å². The molecule has 3 rings (SSSR count). The molecule has 0 bridgehead atoms. The van der Waals surface area contributed by atoms with E-state index in [2.05, 4.69) is 0 Å². The van der Waals surface area contributed by atoms with Crippen molar-refractivity contribution in [3.63, 3.8) is 0 Å². The van der Waals surface area contributed by atoms with Crippen LogP contribution in [0.15, 0.2) is 97.1 Å². The van der Waals surface area contributed by atoms with Crippen LogP contribution < -0.4 is 11.2 Å². The average molecular weight is 293 g/mol. The summed E-state index contributed by atoms with van der Waals surface area (Å²) in [5.41, 5.74) is 6.71. The van der Waals surface area contributed by atoms with Crippen LogP contribution in [-0.2, 0) is 0 Å². The minimum atomic E-state index is -1.34. The zero-order valence-corrected chi connectivity index (χ0v) is 12.3. The number of rotatable bonds is 1. The Kier molecular flexibility index (Phi) is 8.86. The van der Waals surface area contributed by atoms with Crippen molar-refractivity contribution in [1.82, 2.24) is 0 Å². The number of nitrogen functional groups attached to an aromatic ring is 1. The van der Waals surface area contributed by atoms with E-state index >= 15 is 0 Å². The first-order valence-corrected chi connectivity index (χ1v) is 6.92. The Hall–Kier alpha value is -2.56. The maximum atomic E-state index is 8.58. The molecule has 4 heteroatoms. The monoisotopic (exact) mass is 293 g/mol. The molecule has 112 valence electrons. The van der Waals surface area contributed by atoms with E-state index in [1.54, 1.807) is 24.3 Å². The highest BCUT2D eigenvalue weighted by atomic mass is 16.4. The molecule has 0 unspecified atom stereocenters. The molecule has 0 fully saturated rings. The molecule has 0 heterocycles. The Morgan fingerprint density at radius 1 is 0.545 bits per heavy atom. The molecule has 0 saturated heterocycles. The van der Waals surface area contributed by atoms with Gasteiger partial charge in [-0.1, -0.05) is 84.9 Å². The third-order valence-electron chi connectivity index (χ3n) is 2.56. The van der Waals surface area contributed by atoms with Crippen LogP contribution in [-0.4, -0.2) is 17.2 Å². The Balaban J connectivity index is 0.000000169. The number of hydrogen-bond donors (Lipinski definition) is 3. The van der Waals surface area contributed by atoms with Gasteiger partial charge in [-0.3, -0.25) is 0 Å². The Morgan fingerprint density at radius 2 is 0.864 bits per heavy atom. The Labute approximate surface area is 131 Å². The van der Waals surface area contributed by atoms with Crippen LogP contribution in [0.4, 0.5) is 5.69 Å². The quantitative estimate of drug-likeness (QED) is 0.476. The molecule has 0 aliphatic carbocycles. The fraction of sp³-hybridized carbons (Fsp3) is 0. The second-order valence-corrected chi connectivity index (χ2v) is 4.35. The molecule has 0 spiro atoms. The summed E-state index contributed by atoms with van der Waals surface area (Å²) in [6.07, 6.45) is 0. The summed E-state index contributed by atoms with van der Waals surface area (Å²) >= 11 is 0. The number of anilines is 1. The van der Waals surface area contributed by atoms with Gasteiger partial charge in [-0.2, -0.15) is 0 Å². The van der Waals surface area contributed by atoms with Gasteiger partial charge in [0.1, 0.15) is 0 Å². The standard InChI is InChI=1S/C6H7BO2.C6H7N.C6H6/c8-7(9)6-4-2-1-3-5-6;7-6-4-2-1-3-5-6;1-2-4-6-5-3-1/h1-5,8-9H;1-5H,7H2;1-6H. The van der Waals surface area contributed by atoms with E-state index in [0.29, 0.717) is 5.46 Å². The van der Waals surface area contributed by atoms with Crippen LogP contribution in [0.25, 0.3) is 0 Å². The molecule has 0 aliphatic rings. The molecule has 4 N–H and O–H groups in total. The fourth-order valence-corrected chi connectivity index (χ4v) is 1.46. The third kappa shape index (κ3) is 8.58. The van der Waals surface area contributed by atoms with Gasteiger partial charge >= 0.3 is 7.12 Å². The molecular formula is C18H20BNO2. The first-order valence-electron chi connectivity index (χ1n) is 6.92. The molecule has 0 aliphatic heterocycles. The summed E-state index contributed by atoms with van der Waals surface area (Å²) in [6.45, 7) is 0. The van der Waals surface area contributed by atoms with Crippen LogP contribution in [0.3, 0.4) is 0 Å². The summed E-state index contributed by atoms with van der Waals surface area (Å²) in [4.78, 5) is 0. The van der Waals surface area contributed by atoms with E-state index in [1.807, 2.05) is 72.8 Å². The summed E-state index contributed by atoms with van der Waals surface area (Å²) in [5.74, 6) is 0. The van der Waals surface area contributed by atoms with Crippen molar-refractivity contribution in [2.24, 2.45) is 0 Å². The van der Waals surface area contributed by atoms with Crippen molar-refractivity contribution in [3.8, 4) is 0 Å². The summed E-state index contributed by atoms with van der Waals surface area (Å²) in [5, 5.41) is 17.2. The van der Waals surface area contributed by atoms with Gasteiger partial charge in [0.2, 0.25) is 0 Å². The zero-order valence-electron chi connectivity index (χ0n) is 12.3. The summed E-state index contributed by atoms with van der Waals surface area (Å²) < 4.78 is 0. The Bertz CT molecular complexity index is 563. The van der Waals surface area contributed by atoms with E-state index in [1.165, 1.54) is 0 Å². The second-order valence-electron chi connectivity index (χ2n) is 4.35. The zero-order chi connectivity index (χ0) is 16.0. The predicted molar refractivity (Wildman–Crippen MR) is 93.6 cm³/mol. The van der Waals surface area contributed by atoms with Gasteiger partial charge in [0, 0.05) is 5.69 Å². The van der Waals surface area contributed by atoms with Crippen molar-refractivity contribution >= 4 is 18.3 Å². The second kappa shape index (κ2) is 11.1. The van der Waals surface area contributed by atoms with Gasteiger partial charge in [0.25, 0.3) is 0 Å². The van der Waals surface area contributed by atoms with Crippen LogP contribution in [0.1, 0.15) is 0 Å². The highest BCUT2D eigenvalue weighted by Crippen LogP contribution is 1.95. The fourth-order valence-electron chi connectivity index (χ4n) is 1.46. The maximum Gasteiger partial charge on any atom is 0.488 e. The minimum absolute atomic E-state index is 0.525. The smallest absolute Gasteiger partial charge is 0.423 e. The number of benzene rings is 3. The lowest BCUT2D eigenvalue weighted by molar-refractivity contribution is 0.426. The topological polar surface area (TPSA) is 66.5 Å². The molecule has 0 amide bonds. The van der Waals surface area contributed by atoms with E-state index in [0.717, 1.165) is 5.69 Å². The van der Waals surface area contributed by atoms with Crippen LogP contribution in [0.2, 0.25) is 0 Å². The van der Waals surface area contributed by atoms with Crippen LogP contribution >= 0.6 is 0 Å². The van der Waals surface area contributed by atoms with Gasteiger partial charge in [-0.05, 0) is 17.6 Å². The highest BCUT2D eigenvalue weighted by molar-refractivity contribution is 6.58. The SMILES string of the molecule is Nc1ccccc1.OB(O)c1ccccc1.c1ccccc1. The molecule has 0 radical (unpaired) electrons. The average Bonchev–Trinajstić information content (AvgIpc) is 2.59. The first kappa shape index (κ1) is 17.5. The van der Waals surface area contributed by atoms with Gasteiger partial charge in [0.15, 0.2) is 0 Å². The number of para-hydroxylation sites is 1. The maximum absolute atomic E-state index is 8.58. The first-order chi connectivity index (χ1) is 10.7. The molecule has 3 aromatic rings. The van der Waals surface area contributed by atoms with E-state index < -0.39 is 7.12 Å². The van der Waals surface area contributed by atoms with Crippen molar-refractivity contribution in [2.75, 3.05) is 5.73 Å². The largest absolute Gasteiger partial charge is 0.488 e. The van der Waals surface area contributed by atoms with Gasteiger partial charge in [0.05, 0.1) is 0 Å². The van der Waals surface area contributed by atoms with Crippen LogP contribution in [0, 0.1) is 0 Å². The molecule has 3 aromatic carbocycles. The van der Waals surface area contributed by atoms with Gasteiger partial charge in [-0.15, -0.1) is 0 Å². The predicted octanol–water partition coefficient (Wildman–Crippen LogP) is 2.32. The van der Waals surface area contributed by atoms with Crippen molar-refractivity contribution in [1.29, 1.82) is 0 Å². The Morgan fingerprint density at radius 3 is 1.09 bits per heavy atom. The minimum Gasteiger partial charge on any atom is -0.423 e. The lowest BCUT2D eigenvalue weighted by Gasteiger charge is -1.94. The molecule has 3 nitrogen and oxygen atoms in total. The van der Waals surface area contributed by atoms with Gasteiger partial charge in [-0.25, -0.2) is 0 Å². The third-order valence-corrected chi connectivity index (χ3v) is 2.56. The van der Waals surface area contributed by atoms with Crippen molar-refractivity contribution in [3.05, 3.63) is 97.1 Å². The number of hydrogen-bond acceptors (Lipinski definition) is 3. The van der Waals surface area contributed by atoms with Crippen molar-refractivity contribution in [2.45, 2.75) is 0 Å². The molecule has 0 saturated carbocycles. The van der Waals surface area contributed by atoms with E-state index in [4.69, 9.17) is 15.8 Å². The molecule has 22 heavy (non-hydrogen) atoms. The summed E-state index contributed by atoms with van der Waals surface area (Å²) in [6, 6.07) is 30.1. The van der Waals surface area contributed by atoms with Crippen LogP contribution in [0.5, 0.6) is 0 Å².